The minimum absolute atomic E-state index is 0. The highest BCUT2D eigenvalue weighted by Crippen LogP contribution is 2.27. The monoisotopic (exact) mass is 393 g/mol. The average molecular weight is 395 g/mol. The normalized spacial score (nSPS) is 22.5. The van der Waals surface area contributed by atoms with Crippen LogP contribution in [0.4, 0.5) is 5.82 Å². The molecule has 1 heterocycles. The third kappa shape index (κ3) is 8.02. The van der Waals surface area contributed by atoms with E-state index in [1.165, 1.54) is 0 Å². The van der Waals surface area contributed by atoms with E-state index in [9.17, 15) is 0 Å². The number of rotatable bonds is 5. The summed E-state index contributed by atoms with van der Waals surface area (Å²) in [6.45, 7) is 1.51. The molecule has 1 saturated carbocycles. The standard InChI is InChI=1S/C13H23N5.4ClH/c14-4-5-17-12-8-10(15)6-9(12)7-11-2-1-3-13(16)18-11;;;;/h1-3,9-10,12,17H,4-8,14-15H2,(H2,16,18);4*1H/t9-,10+,12-;;;;/m1..../s1. The summed E-state index contributed by atoms with van der Waals surface area (Å²) < 4.78 is 0. The summed E-state index contributed by atoms with van der Waals surface area (Å²) in [4.78, 5) is 4.36. The van der Waals surface area contributed by atoms with Gasteiger partial charge in [-0.2, -0.15) is 0 Å². The molecule has 1 aromatic rings. The summed E-state index contributed by atoms with van der Waals surface area (Å²) in [5, 5.41) is 3.48. The van der Waals surface area contributed by atoms with Gasteiger partial charge < -0.3 is 22.5 Å². The van der Waals surface area contributed by atoms with E-state index in [0.717, 1.165) is 31.5 Å². The number of hydrogen-bond donors (Lipinski definition) is 4. The molecule has 0 aliphatic heterocycles. The van der Waals surface area contributed by atoms with E-state index in [2.05, 4.69) is 10.3 Å². The lowest BCUT2D eigenvalue weighted by atomic mass is 9.97. The van der Waals surface area contributed by atoms with Crippen LogP contribution in [0, 0.1) is 5.92 Å². The van der Waals surface area contributed by atoms with Crippen molar-refractivity contribution in [1.29, 1.82) is 0 Å². The van der Waals surface area contributed by atoms with Crippen LogP contribution in [0.5, 0.6) is 0 Å². The fourth-order valence-corrected chi connectivity index (χ4v) is 2.79. The number of nitrogens with zero attached hydrogens (tertiary/aromatic N) is 1. The Kier molecular flexibility index (Phi) is 16.4. The molecule has 0 unspecified atom stereocenters. The fraction of sp³-hybridized carbons (Fsp3) is 0.615. The maximum atomic E-state index is 6.05. The fourth-order valence-electron chi connectivity index (χ4n) is 2.79. The Labute approximate surface area is 157 Å². The van der Waals surface area contributed by atoms with Gasteiger partial charge in [-0.1, -0.05) is 6.07 Å². The molecule has 0 radical (unpaired) electrons. The summed E-state index contributed by atoms with van der Waals surface area (Å²) in [7, 11) is 0. The Bertz CT molecular complexity index is 396. The molecule has 1 fully saturated rings. The van der Waals surface area contributed by atoms with E-state index >= 15 is 0 Å². The molecule has 5 nitrogen and oxygen atoms in total. The number of hydrogen-bond acceptors (Lipinski definition) is 5. The number of halogens is 4. The van der Waals surface area contributed by atoms with Crippen LogP contribution < -0.4 is 22.5 Å². The second-order valence-electron chi connectivity index (χ2n) is 5.10. The Hall–Kier alpha value is -0.0100. The third-order valence-corrected chi connectivity index (χ3v) is 3.58. The van der Waals surface area contributed by atoms with Gasteiger partial charge in [0.05, 0.1) is 0 Å². The van der Waals surface area contributed by atoms with E-state index in [4.69, 9.17) is 17.2 Å². The lowest BCUT2D eigenvalue weighted by Gasteiger charge is -2.20. The molecule has 0 amide bonds. The van der Waals surface area contributed by atoms with Crippen LogP contribution in [-0.2, 0) is 6.42 Å². The average Bonchev–Trinajstić information content (AvgIpc) is 2.67. The molecule has 0 spiro atoms. The molecule has 22 heavy (non-hydrogen) atoms. The Morgan fingerprint density at radius 3 is 2.41 bits per heavy atom. The van der Waals surface area contributed by atoms with Crippen LogP contribution >= 0.6 is 49.6 Å². The van der Waals surface area contributed by atoms with E-state index < -0.39 is 0 Å². The van der Waals surface area contributed by atoms with Crippen molar-refractivity contribution in [1.82, 2.24) is 10.3 Å². The first-order valence-electron chi connectivity index (χ1n) is 6.59. The van der Waals surface area contributed by atoms with Crippen molar-refractivity contribution in [3.63, 3.8) is 0 Å². The maximum absolute atomic E-state index is 6.05. The molecule has 7 N–H and O–H groups in total. The zero-order valence-corrected chi connectivity index (χ0v) is 15.6. The predicted molar refractivity (Wildman–Crippen MR) is 103 cm³/mol. The van der Waals surface area contributed by atoms with Crippen LogP contribution in [-0.4, -0.2) is 30.2 Å². The van der Waals surface area contributed by atoms with Gasteiger partial charge in [0.15, 0.2) is 0 Å². The number of pyridine rings is 1. The highest BCUT2D eigenvalue weighted by molar-refractivity contribution is 5.86. The van der Waals surface area contributed by atoms with Crippen LogP contribution in [0.15, 0.2) is 18.2 Å². The summed E-state index contributed by atoms with van der Waals surface area (Å²) in [5.74, 6) is 1.11. The largest absolute Gasteiger partial charge is 0.384 e. The van der Waals surface area contributed by atoms with Crippen LogP contribution in [0.3, 0.4) is 0 Å². The zero-order chi connectivity index (χ0) is 13.0. The first kappa shape index (κ1) is 26.9. The van der Waals surface area contributed by atoms with Crippen LogP contribution in [0.1, 0.15) is 18.5 Å². The van der Waals surface area contributed by atoms with Gasteiger partial charge in [0, 0.05) is 30.9 Å². The molecule has 0 bridgehead atoms. The molecule has 1 aliphatic rings. The van der Waals surface area contributed by atoms with Crippen molar-refractivity contribution in [2.24, 2.45) is 17.4 Å². The molecule has 3 atom stereocenters. The first-order chi connectivity index (χ1) is 8.69. The highest BCUT2D eigenvalue weighted by atomic mass is 35.5. The van der Waals surface area contributed by atoms with Gasteiger partial charge in [-0.15, -0.1) is 49.6 Å². The molecular formula is C13H27Cl4N5. The summed E-state index contributed by atoms with van der Waals surface area (Å²) >= 11 is 0. The van der Waals surface area contributed by atoms with E-state index in [1.807, 2.05) is 18.2 Å². The number of nitrogens with two attached hydrogens (primary N) is 3. The molecule has 0 aromatic carbocycles. The van der Waals surface area contributed by atoms with E-state index in [-0.39, 0.29) is 55.7 Å². The van der Waals surface area contributed by atoms with Crippen molar-refractivity contribution in [2.45, 2.75) is 31.3 Å². The molecule has 132 valence electrons. The Balaban J connectivity index is -0.000000902. The third-order valence-electron chi connectivity index (χ3n) is 3.58. The summed E-state index contributed by atoms with van der Waals surface area (Å²) in [6, 6.07) is 6.53. The van der Waals surface area contributed by atoms with Crippen molar-refractivity contribution >= 4 is 55.4 Å². The van der Waals surface area contributed by atoms with Gasteiger partial charge in [0.2, 0.25) is 0 Å². The van der Waals surface area contributed by atoms with E-state index in [1.54, 1.807) is 0 Å². The molecule has 0 saturated heterocycles. The SMILES string of the molecule is Cl.Cl.Cl.Cl.NCCN[C@@H]1C[C@@H](N)C[C@@H]1Cc1cccc(N)n1. The lowest BCUT2D eigenvalue weighted by Crippen LogP contribution is -2.37. The predicted octanol–water partition coefficient (Wildman–Crippen LogP) is 1.55. The second kappa shape index (κ2) is 13.4. The molecular weight excluding hydrogens is 368 g/mol. The van der Waals surface area contributed by atoms with Crippen LogP contribution in [0.25, 0.3) is 0 Å². The van der Waals surface area contributed by atoms with Gasteiger partial charge >= 0.3 is 0 Å². The number of aromatic nitrogens is 1. The quantitative estimate of drug-likeness (QED) is 0.606. The number of nitrogen functional groups attached to an aromatic ring is 1. The van der Waals surface area contributed by atoms with Crippen molar-refractivity contribution in [2.75, 3.05) is 18.8 Å². The topological polar surface area (TPSA) is 103 Å². The maximum Gasteiger partial charge on any atom is 0.123 e. The Morgan fingerprint density at radius 1 is 1.14 bits per heavy atom. The molecule has 9 heteroatoms. The van der Waals surface area contributed by atoms with Crippen molar-refractivity contribution in [3.8, 4) is 0 Å². The van der Waals surface area contributed by atoms with Gasteiger partial charge in [-0.3, -0.25) is 0 Å². The molecule has 1 aromatic heterocycles. The van der Waals surface area contributed by atoms with Gasteiger partial charge in [-0.25, -0.2) is 4.98 Å². The first-order valence-corrected chi connectivity index (χ1v) is 6.59. The number of nitrogens with one attached hydrogen (secondary N) is 1. The summed E-state index contributed by atoms with van der Waals surface area (Å²) in [5.41, 5.74) is 18.3. The summed E-state index contributed by atoms with van der Waals surface area (Å²) in [6.07, 6.45) is 2.99. The molecule has 1 aliphatic carbocycles. The minimum Gasteiger partial charge on any atom is -0.384 e. The van der Waals surface area contributed by atoms with E-state index in [0.29, 0.717) is 24.3 Å². The highest BCUT2D eigenvalue weighted by Gasteiger charge is 2.32. The van der Waals surface area contributed by atoms with Crippen LogP contribution in [0.2, 0.25) is 0 Å². The Morgan fingerprint density at radius 2 is 1.82 bits per heavy atom. The van der Waals surface area contributed by atoms with Gasteiger partial charge in [-0.05, 0) is 37.3 Å². The minimum atomic E-state index is 0. The van der Waals surface area contributed by atoms with Gasteiger partial charge in [0.1, 0.15) is 5.82 Å². The lowest BCUT2D eigenvalue weighted by molar-refractivity contribution is 0.400. The number of anilines is 1. The molecule has 2 rings (SSSR count). The second-order valence-corrected chi connectivity index (χ2v) is 5.10. The van der Waals surface area contributed by atoms with Crippen molar-refractivity contribution in [3.05, 3.63) is 23.9 Å². The smallest absolute Gasteiger partial charge is 0.123 e. The zero-order valence-electron chi connectivity index (χ0n) is 12.3. The van der Waals surface area contributed by atoms with Crippen molar-refractivity contribution < 1.29 is 0 Å². The van der Waals surface area contributed by atoms with Gasteiger partial charge in [0.25, 0.3) is 0 Å².